The molecule has 1 aliphatic carbocycles. The summed E-state index contributed by atoms with van der Waals surface area (Å²) in [5.41, 5.74) is 1.22. The lowest BCUT2D eigenvalue weighted by Gasteiger charge is -2.07. The molecule has 2 nitrogen and oxygen atoms in total. The average molecular weight is 288 g/mol. The van der Waals surface area contributed by atoms with E-state index >= 15 is 0 Å². The summed E-state index contributed by atoms with van der Waals surface area (Å²) in [5, 5.41) is 2.07. The first-order chi connectivity index (χ1) is 10.8. The summed E-state index contributed by atoms with van der Waals surface area (Å²) in [7, 11) is 0. The first kappa shape index (κ1) is 13.1. The van der Waals surface area contributed by atoms with Gasteiger partial charge in [0.15, 0.2) is 0 Å². The van der Waals surface area contributed by atoms with E-state index in [4.69, 9.17) is 4.74 Å². The topological polar surface area (TPSA) is 26.3 Å². The van der Waals surface area contributed by atoms with Crippen LogP contribution in [0.2, 0.25) is 0 Å². The van der Waals surface area contributed by atoms with Gasteiger partial charge in [0.05, 0.1) is 5.92 Å². The standard InChI is InChI=1S/C20H16O2/c21-20(18-13-17(18)15-7-2-1-3-8-15)22-19-12-6-10-14-9-4-5-11-16(14)19/h1-12,17-18H,13H2. The van der Waals surface area contributed by atoms with Crippen molar-refractivity contribution >= 4 is 16.7 Å². The lowest BCUT2D eigenvalue weighted by atomic mass is 10.1. The molecular formula is C20H16O2. The third kappa shape index (κ3) is 2.37. The number of esters is 1. The van der Waals surface area contributed by atoms with Gasteiger partial charge in [-0.1, -0.05) is 66.7 Å². The molecule has 2 unspecified atom stereocenters. The molecule has 1 aliphatic rings. The van der Waals surface area contributed by atoms with Crippen LogP contribution < -0.4 is 4.74 Å². The van der Waals surface area contributed by atoms with Crippen molar-refractivity contribution in [1.29, 1.82) is 0 Å². The van der Waals surface area contributed by atoms with Gasteiger partial charge in [-0.3, -0.25) is 4.79 Å². The third-order valence-corrected chi connectivity index (χ3v) is 4.28. The van der Waals surface area contributed by atoms with Crippen LogP contribution in [0.4, 0.5) is 0 Å². The smallest absolute Gasteiger partial charge is 0.314 e. The van der Waals surface area contributed by atoms with E-state index in [9.17, 15) is 4.79 Å². The molecule has 1 fully saturated rings. The number of carbonyl (C=O) groups excluding carboxylic acids is 1. The molecule has 0 bridgehead atoms. The van der Waals surface area contributed by atoms with Crippen molar-refractivity contribution < 1.29 is 9.53 Å². The van der Waals surface area contributed by atoms with Crippen LogP contribution >= 0.6 is 0 Å². The van der Waals surface area contributed by atoms with Gasteiger partial charge >= 0.3 is 5.97 Å². The highest BCUT2D eigenvalue weighted by Gasteiger charge is 2.45. The SMILES string of the molecule is O=C(Oc1cccc2ccccc12)C1CC1c1ccccc1. The van der Waals surface area contributed by atoms with Gasteiger partial charge in [0.1, 0.15) is 5.75 Å². The van der Waals surface area contributed by atoms with Crippen LogP contribution in [0.3, 0.4) is 0 Å². The molecule has 0 aromatic heterocycles. The van der Waals surface area contributed by atoms with Crippen molar-refractivity contribution in [3.8, 4) is 5.75 Å². The molecule has 0 heterocycles. The van der Waals surface area contributed by atoms with Crippen LogP contribution in [-0.4, -0.2) is 5.97 Å². The van der Waals surface area contributed by atoms with E-state index in [-0.39, 0.29) is 11.9 Å². The summed E-state index contributed by atoms with van der Waals surface area (Å²) < 4.78 is 5.66. The predicted molar refractivity (Wildman–Crippen MR) is 86.9 cm³/mol. The van der Waals surface area contributed by atoms with Crippen LogP contribution in [0.15, 0.2) is 72.8 Å². The number of rotatable bonds is 3. The van der Waals surface area contributed by atoms with Gasteiger partial charge in [-0.2, -0.15) is 0 Å². The Kier molecular flexibility index (Phi) is 3.15. The molecule has 0 radical (unpaired) electrons. The zero-order valence-corrected chi connectivity index (χ0v) is 12.1. The zero-order chi connectivity index (χ0) is 14.9. The van der Waals surface area contributed by atoms with Crippen molar-refractivity contribution in [1.82, 2.24) is 0 Å². The molecule has 0 spiro atoms. The number of hydrogen-bond acceptors (Lipinski definition) is 2. The normalized spacial score (nSPS) is 19.8. The maximum absolute atomic E-state index is 12.4. The lowest BCUT2D eigenvalue weighted by Crippen LogP contribution is -2.11. The third-order valence-electron chi connectivity index (χ3n) is 4.28. The van der Waals surface area contributed by atoms with Crippen LogP contribution in [-0.2, 0) is 4.79 Å². The van der Waals surface area contributed by atoms with Crippen molar-refractivity contribution in [3.05, 3.63) is 78.4 Å². The second kappa shape index (κ2) is 5.30. The van der Waals surface area contributed by atoms with Gasteiger partial charge in [-0.25, -0.2) is 0 Å². The molecule has 2 atom stereocenters. The van der Waals surface area contributed by atoms with E-state index in [1.54, 1.807) is 0 Å². The molecule has 0 saturated heterocycles. The Morgan fingerprint density at radius 3 is 2.45 bits per heavy atom. The molecule has 108 valence electrons. The van der Waals surface area contributed by atoms with Gasteiger partial charge < -0.3 is 4.74 Å². The van der Waals surface area contributed by atoms with Crippen LogP contribution in [0.5, 0.6) is 5.75 Å². The van der Waals surface area contributed by atoms with E-state index < -0.39 is 0 Å². The maximum atomic E-state index is 12.4. The van der Waals surface area contributed by atoms with Gasteiger partial charge in [0, 0.05) is 5.39 Å². The summed E-state index contributed by atoms with van der Waals surface area (Å²) in [6, 6.07) is 24.0. The van der Waals surface area contributed by atoms with Gasteiger partial charge in [-0.15, -0.1) is 0 Å². The largest absolute Gasteiger partial charge is 0.426 e. The van der Waals surface area contributed by atoms with Crippen molar-refractivity contribution in [3.63, 3.8) is 0 Å². The predicted octanol–water partition coefficient (Wildman–Crippen LogP) is 4.55. The Morgan fingerprint density at radius 2 is 1.59 bits per heavy atom. The number of hydrogen-bond donors (Lipinski definition) is 0. The molecule has 0 amide bonds. The fourth-order valence-corrected chi connectivity index (χ4v) is 2.99. The maximum Gasteiger partial charge on any atom is 0.314 e. The number of carbonyl (C=O) groups is 1. The highest BCUT2D eigenvalue weighted by atomic mass is 16.5. The minimum Gasteiger partial charge on any atom is -0.426 e. The second-order valence-corrected chi connectivity index (χ2v) is 5.76. The van der Waals surface area contributed by atoms with Gasteiger partial charge in [-0.05, 0) is 29.4 Å². The van der Waals surface area contributed by atoms with E-state index in [0.29, 0.717) is 11.7 Å². The quantitative estimate of drug-likeness (QED) is 0.522. The van der Waals surface area contributed by atoms with E-state index in [0.717, 1.165) is 17.2 Å². The van der Waals surface area contributed by atoms with Crippen LogP contribution in [0, 0.1) is 5.92 Å². The molecule has 3 aromatic carbocycles. The Balaban J connectivity index is 1.53. The zero-order valence-electron chi connectivity index (χ0n) is 12.1. The first-order valence-electron chi connectivity index (χ1n) is 7.57. The highest BCUT2D eigenvalue weighted by Crippen LogP contribution is 2.48. The Morgan fingerprint density at radius 1 is 0.864 bits per heavy atom. The molecular weight excluding hydrogens is 272 g/mol. The summed E-state index contributed by atoms with van der Waals surface area (Å²) in [4.78, 5) is 12.4. The molecule has 0 N–H and O–H groups in total. The average Bonchev–Trinajstić information content (AvgIpc) is 3.37. The van der Waals surface area contributed by atoms with E-state index in [2.05, 4.69) is 12.1 Å². The Hall–Kier alpha value is -2.61. The molecule has 2 heteroatoms. The monoisotopic (exact) mass is 288 g/mol. The second-order valence-electron chi connectivity index (χ2n) is 5.76. The van der Waals surface area contributed by atoms with E-state index in [1.165, 1.54) is 5.56 Å². The fraction of sp³-hybridized carbons (Fsp3) is 0.150. The minimum absolute atomic E-state index is 0.0126. The van der Waals surface area contributed by atoms with Crippen LogP contribution in [0.1, 0.15) is 17.9 Å². The molecule has 0 aliphatic heterocycles. The Labute approximate surface area is 129 Å². The fourth-order valence-electron chi connectivity index (χ4n) is 2.99. The summed E-state index contributed by atoms with van der Waals surface area (Å²) in [6.07, 6.45) is 0.883. The first-order valence-corrected chi connectivity index (χ1v) is 7.57. The van der Waals surface area contributed by atoms with Crippen molar-refractivity contribution in [2.75, 3.05) is 0 Å². The summed E-state index contributed by atoms with van der Waals surface area (Å²) >= 11 is 0. The number of benzene rings is 3. The number of fused-ring (bicyclic) bond motifs is 1. The minimum atomic E-state index is -0.120. The molecule has 3 aromatic rings. The Bertz CT molecular complexity index is 818. The summed E-state index contributed by atoms with van der Waals surface area (Å²) in [6.45, 7) is 0. The van der Waals surface area contributed by atoms with Crippen LogP contribution in [0.25, 0.3) is 10.8 Å². The van der Waals surface area contributed by atoms with Gasteiger partial charge in [0.2, 0.25) is 0 Å². The lowest BCUT2D eigenvalue weighted by molar-refractivity contribution is -0.135. The van der Waals surface area contributed by atoms with Gasteiger partial charge in [0.25, 0.3) is 0 Å². The molecule has 4 rings (SSSR count). The van der Waals surface area contributed by atoms with Crippen molar-refractivity contribution in [2.45, 2.75) is 12.3 Å². The highest BCUT2D eigenvalue weighted by molar-refractivity contribution is 5.91. The summed E-state index contributed by atoms with van der Waals surface area (Å²) in [5.74, 6) is 0.831. The molecule has 1 saturated carbocycles. The van der Waals surface area contributed by atoms with Crippen molar-refractivity contribution in [2.24, 2.45) is 5.92 Å². The number of ether oxygens (including phenoxy) is 1. The molecule has 22 heavy (non-hydrogen) atoms. The van der Waals surface area contributed by atoms with E-state index in [1.807, 2.05) is 60.7 Å².